The van der Waals surface area contributed by atoms with E-state index in [0.717, 1.165) is 11.8 Å². The van der Waals surface area contributed by atoms with E-state index >= 15 is 0 Å². The van der Waals surface area contributed by atoms with Crippen LogP contribution in [0.1, 0.15) is 50.5 Å². The molecule has 26 heavy (non-hydrogen) atoms. The van der Waals surface area contributed by atoms with E-state index in [1.165, 1.54) is 13.0 Å². The maximum Gasteiger partial charge on any atom is 0.491 e. The van der Waals surface area contributed by atoms with E-state index in [-0.39, 0.29) is 16.4 Å². The van der Waals surface area contributed by atoms with Crippen LogP contribution in [0, 0.1) is 0 Å². The SMILES string of the molecule is CC(=O)SCC(=Cc1cc(Cl)cc(C=O)c1O)B1OC(C)(C)C(C)(C)O1. The zero-order chi connectivity index (χ0) is 19.7. The Labute approximate surface area is 163 Å². The van der Waals surface area contributed by atoms with Gasteiger partial charge in [-0.25, -0.2) is 0 Å². The Bertz CT molecular complexity index is 744. The second kappa shape index (κ2) is 7.76. The molecule has 0 atom stereocenters. The number of phenols is 1. The second-order valence-corrected chi connectivity index (χ2v) is 8.73. The summed E-state index contributed by atoms with van der Waals surface area (Å²) in [7, 11) is -0.676. The molecule has 1 heterocycles. The van der Waals surface area contributed by atoms with E-state index in [1.807, 2.05) is 27.7 Å². The summed E-state index contributed by atoms with van der Waals surface area (Å²) < 4.78 is 12.1. The molecule has 0 unspecified atom stereocenters. The number of rotatable bonds is 5. The molecular formula is C18H22BClO5S. The molecule has 1 fully saturated rings. The van der Waals surface area contributed by atoms with Crippen LogP contribution in [0.5, 0.6) is 5.75 Å². The normalized spacial score (nSPS) is 18.8. The molecule has 1 aromatic carbocycles. The van der Waals surface area contributed by atoms with Crippen LogP contribution in [-0.4, -0.2) is 40.6 Å². The molecule has 0 spiro atoms. The predicted octanol–water partition coefficient (Wildman–Crippen LogP) is 4.15. The fraction of sp³-hybridized carbons (Fsp3) is 0.444. The highest BCUT2D eigenvalue weighted by molar-refractivity contribution is 8.13. The van der Waals surface area contributed by atoms with Crippen LogP contribution in [0.3, 0.4) is 0 Å². The van der Waals surface area contributed by atoms with Crippen molar-refractivity contribution in [2.24, 2.45) is 0 Å². The largest absolute Gasteiger partial charge is 0.507 e. The molecule has 0 aliphatic carbocycles. The van der Waals surface area contributed by atoms with E-state index in [9.17, 15) is 14.7 Å². The Morgan fingerprint density at radius 2 is 1.77 bits per heavy atom. The summed E-state index contributed by atoms with van der Waals surface area (Å²) in [5.74, 6) is 0.153. The van der Waals surface area contributed by atoms with Gasteiger partial charge in [0.1, 0.15) is 5.75 Å². The molecule has 2 rings (SSSR count). The smallest absolute Gasteiger partial charge is 0.491 e. The lowest BCUT2D eigenvalue weighted by Gasteiger charge is -2.32. The molecule has 1 aliphatic rings. The molecule has 1 N–H and O–H groups in total. The highest BCUT2D eigenvalue weighted by Gasteiger charge is 2.52. The van der Waals surface area contributed by atoms with Gasteiger partial charge in [0.25, 0.3) is 0 Å². The summed E-state index contributed by atoms with van der Waals surface area (Å²) in [6.45, 7) is 9.22. The first-order valence-electron chi connectivity index (χ1n) is 8.14. The summed E-state index contributed by atoms with van der Waals surface area (Å²) in [4.78, 5) is 22.6. The fourth-order valence-corrected chi connectivity index (χ4v) is 3.22. The molecule has 0 radical (unpaired) electrons. The number of phenolic OH excluding ortho intramolecular Hbond substituents is 1. The highest BCUT2D eigenvalue weighted by atomic mass is 35.5. The maximum atomic E-state index is 11.4. The molecule has 0 aromatic heterocycles. The monoisotopic (exact) mass is 396 g/mol. The summed E-state index contributed by atoms with van der Waals surface area (Å²) in [5.41, 5.74) is 0.0483. The van der Waals surface area contributed by atoms with E-state index in [1.54, 1.807) is 12.1 Å². The first kappa shape index (κ1) is 21.0. The standard InChI is InChI=1S/C18H22BClO5S/c1-11(22)26-10-14(19-24-17(2,3)18(4,5)25-19)6-12-7-15(20)8-13(9-21)16(12)23/h6-9,23H,10H2,1-5H3. The van der Waals surface area contributed by atoms with Gasteiger partial charge in [0.2, 0.25) is 0 Å². The van der Waals surface area contributed by atoms with E-state index in [0.29, 0.717) is 28.1 Å². The van der Waals surface area contributed by atoms with Crippen molar-refractivity contribution in [1.82, 2.24) is 0 Å². The van der Waals surface area contributed by atoms with Crippen LogP contribution in [0.15, 0.2) is 17.6 Å². The van der Waals surface area contributed by atoms with Gasteiger partial charge in [-0.15, -0.1) is 0 Å². The Hall–Kier alpha value is -1.28. The summed E-state index contributed by atoms with van der Waals surface area (Å²) in [5, 5.41) is 10.6. The first-order chi connectivity index (χ1) is 12.0. The van der Waals surface area contributed by atoms with Crippen molar-refractivity contribution in [2.45, 2.75) is 45.8 Å². The molecular weight excluding hydrogens is 375 g/mol. The molecule has 0 bridgehead atoms. The lowest BCUT2D eigenvalue weighted by Crippen LogP contribution is -2.41. The van der Waals surface area contributed by atoms with Crippen molar-refractivity contribution in [3.8, 4) is 5.75 Å². The van der Waals surface area contributed by atoms with Gasteiger partial charge < -0.3 is 14.4 Å². The van der Waals surface area contributed by atoms with Crippen LogP contribution < -0.4 is 0 Å². The van der Waals surface area contributed by atoms with Crippen molar-refractivity contribution >= 4 is 48.0 Å². The van der Waals surface area contributed by atoms with Gasteiger partial charge in [-0.3, -0.25) is 9.59 Å². The van der Waals surface area contributed by atoms with Crippen molar-refractivity contribution in [3.63, 3.8) is 0 Å². The van der Waals surface area contributed by atoms with E-state index in [4.69, 9.17) is 20.9 Å². The lowest BCUT2D eigenvalue weighted by atomic mass is 9.78. The van der Waals surface area contributed by atoms with Crippen LogP contribution >= 0.6 is 23.4 Å². The maximum absolute atomic E-state index is 11.4. The number of hydrogen-bond donors (Lipinski definition) is 1. The number of aromatic hydroxyl groups is 1. The van der Waals surface area contributed by atoms with Crippen molar-refractivity contribution in [2.75, 3.05) is 5.75 Å². The van der Waals surface area contributed by atoms with Crippen LogP contribution in [0.25, 0.3) is 6.08 Å². The van der Waals surface area contributed by atoms with Crippen molar-refractivity contribution < 1.29 is 24.0 Å². The van der Waals surface area contributed by atoms with Gasteiger partial charge in [0.15, 0.2) is 11.4 Å². The Morgan fingerprint density at radius 3 is 2.27 bits per heavy atom. The third kappa shape index (κ3) is 4.52. The molecule has 0 amide bonds. The van der Waals surface area contributed by atoms with Gasteiger partial charge in [-0.2, -0.15) is 0 Å². The van der Waals surface area contributed by atoms with Gasteiger partial charge in [-0.05, 0) is 45.3 Å². The third-order valence-corrected chi connectivity index (χ3v) is 5.70. The summed E-state index contributed by atoms with van der Waals surface area (Å²) >= 11 is 7.16. The average molecular weight is 397 g/mol. The molecule has 1 saturated heterocycles. The second-order valence-electron chi connectivity index (χ2n) is 7.14. The topological polar surface area (TPSA) is 72.8 Å². The minimum absolute atomic E-state index is 0.0451. The van der Waals surface area contributed by atoms with Crippen LogP contribution in [-0.2, 0) is 14.1 Å². The zero-order valence-corrected chi connectivity index (χ0v) is 17.0. The lowest BCUT2D eigenvalue weighted by molar-refractivity contribution is -0.109. The van der Waals surface area contributed by atoms with Crippen LogP contribution in [0.4, 0.5) is 0 Å². The van der Waals surface area contributed by atoms with Gasteiger partial charge in [0, 0.05) is 23.3 Å². The third-order valence-electron chi connectivity index (χ3n) is 4.60. The number of thioether (sulfide) groups is 1. The van der Waals surface area contributed by atoms with E-state index in [2.05, 4.69) is 0 Å². The number of benzene rings is 1. The molecule has 1 aromatic rings. The minimum atomic E-state index is -0.676. The predicted molar refractivity (Wildman–Crippen MR) is 106 cm³/mol. The number of carbonyl (C=O) groups excluding carboxylic acids is 2. The number of hydrogen-bond acceptors (Lipinski definition) is 6. The first-order valence-corrected chi connectivity index (χ1v) is 9.50. The quantitative estimate of drug-likeness (QED) is 0.595. The number of carbonyl (C=O) groups is 2. The van der Waals surface area contributed by atoms with Crippen molar-refractivity contribution in [3.05, 3.63) is 33.8 Å². The molecule has 8 heteroatoms. The van der Waals surface area contributed by atoms with Crippen molar-refractivity contribution in [1.29, 1.82) is 0 Å². The highest BCUT2D eigenvalue weighted by Crippen LogP contribution is 2.40. The number of aldehydes is 1. The molecule has 0 saturated carbocycles. The minimum Gasteiger partial charge on any atom is -0.507 e. The molecule has 5 nitrogen and oxygen atoms in total. The average Bonchev–Trinajstić information content (AvgIpc) is 2.74. The van der Waals surface area contributed by atoms with Gasteiger partial charge >= 0.3 is 7.12 Å². The zero-order valence-electron chi connectivity index (χ0n) is 15.5. The number of halogens is 1. The summed E-state index contributed by atoms with van der Waals surface area (Å²) in [6.07, 6.45) is 2.20. The Morgan fingerprint density at radius 1 is 1.23 bits per heavy atom. The summed E-state index contributed by atoms with van der Waals surface area (Å²) in [6, 6.07) is 2.94. The Kier molecular flexibility index (Phi) is 6.28. The van der Waals surface area contributed by atoms with Gasteiger partial charge in [0.05, 0.1) is 16.8 Å². The van der Waals surface area contributed by atoms with Gasteiger partial charge in [-0.1, -0.05) is 29.4 Å². The molecule has 140 valence electrons. The molecule has 1 aliphatic heterocycles. The Balaban J connectivity index is 2.46. The van der Waals surface area contributed by atoms with Crippen LogP contribution in [0.2, 0.25) is 5.02 Å². The van der Waals surface area contributed by atoms with E-state index < -0.39 is 18.3 Å². The fourth-order valence-electron chi connectivity index (χ4n) is 2.40.